The average molecular weight is 569 g/mol. The van der Waals surface area contributed by atoms with Crippen molar-refractivity contribution in [2.24, 2.45) is 4.99 Å². The van der Waals surface area contributed by atoms with E-state index < -0.39 is 10.0 Å². The zero-order valence-electron chi connectivity index (χ0n) is 17.5. The first-order valence-electron chi connectivity index (χ1n) is 10.3. The van der Waals surface area contributed by atoms with Gasteiger partial charge in [-0.15, -0.1) is 24.0 Å². The maximum Gasteiger partial charge on any atom is 0.218 e. The molecule has 0 saturated carbocycles. The molecule has 0 aliphatic carbocycles. The van der Waals surface area contributed by atoms with Crippen molar-refractivity contribution in [3.8, 4) is 0 Å². The van der Waals surface area contributed by atoms with E-state index in [9.17, 15) is 8.42 Å². The molecule has 10 heteroatoms. The topological polar surface area (TPSA) is 83.0 Å². The highest BCUT2D eigenvalue weighted by molar-refractivity contribution is 14.0. The van der Waals surface area contributed by atoms with Crippen LogP contribution in [0.5, 0.6) is 0 Å². The van der Waals surface area contributed by atoms with Crippen LogP contribution in [-0.2, 0) is 27.1 Å². The third-order valence-electron chi connectivity index (χ3n) is 5.09. The van der Waals surface area contributed by atoms with Crippen LogP contribution in [0.4, 0.5) is 0 Å². The lowest BCUT2D eigenvalue weighted by Gasteiger charge is -2.26. The fraction of sp³-hybridized carbons (Fsp3) is 0.650. The minimum atomic E-state index is -3.36. The van der Waals surface area contributed by atoms with Crippen molar-refractivity contribution >= 4 is 51.7 Å². The second kappa shape index (κ2) is 13.1. The number of halogens is 1. The van der Waals surface area contributed by atoms with E-state index in [0.717, 1.165) is 30.2 Å². The number of hydrogen-bond acceptors (Lipinski definition) is 5. The van der Waals surface area contributed by atoms with Gasteiger partial charge in [0.05, 0.1) is 25.5 Å². The molecule has 1 aromatic carbocycles. The van der Waals surface area contributed by atoms with Crippen LogP contribution in [0.2, 0.25) is 0 Å². The second-order valence-electron chi connectivity index (χ2n) is 7.25. The average Bonchev–Trinajstić information content (AvgIpc) is 3.25. The monoisotopic (exact) mass is 568 g/mol. The SMILES string of the molecule is CCNC(=NCc1ccccc1CS(=O)(=O)N1CCOCC1)NCC1CCCS1.I. The van der Waals surface area contributed by atoms with Gasteiger partial charge in [-0.1, -0.05) is 24.3 Å². The van der Waals surface area contributed by atoms with Gasteiger partial charge in [-0.25, -0.2) is 13.4 Å². The predicted molar refractivity (Wildman–Crippen MR) is 135 cm³/mol. The summed E-state index contributed by atoms with van der Waals surface area (Å²) in [5, 5.41) is 7.36. The van der Waals surface area contributed by atoms with Gasteiger partial charge in [0.15, 0.2) is 5.96 Å². The summed E-state index contributed by atoms with van der Waals surface area (Å²) in [5.74, 6) is 2.03. The molecule has 0 bridgehead atoms. The van der Waals surface area contributed by atoms with Crippen molar-refractivity contribution in [2.45, 2.75) is 37.3 Å². The number of aliphatic imine (C=N–C) groups is 1. The molecule has 7 nitrogen and oxygen atoms in total. The molecule has 30 heavy (non-hydrogen) atoms. The van der Waals surface area contributed by atoms with Crippen LogP contribution in [0.3, 0.4) is 0 Å². The molecule has 0 amide bonds. The number of morpholine rings is 1. The number of hydrogen-bond donors (Lipinski definition) is 2. The van der Waals surface area contributed by atoms with Crippen molar-refractivity contribution in [1.82, 2.24) is 14.9 Å². The summed E-state index contributed by atoms with van der Waals surface area (Å²) in [7, 11) is -3.36. The summed E-state index contributed by atoms with van der Waals surface area (Å²) in [6.45, 7) is 5.96. The number of ether oxygens (including phenoxy) is 1. The fourth-order valence-corrected chi connectivity index (χ4v) is 6.25. The number of benzene rings is 1. The molecule has 1 unspecified atom stereocenters. The third-order valence-corrected chi connectivity index (χ3v) is 8.32. The zero-order chi connectivity index (χ0) is 20.5. The Morgan fingerprint density at radius 3 is 2.63 bits per heavy atom. The molecule has 2 fully saturated rings. The van der Waals surface area contributed by atoms with Crippen LogP contribution in [0.15, 0.2) is 29.3 Å². The molecule has 3 rings (SSSR count). The van der Waals surface area contributed by atoms with E-state index in [0.29, 0.717) is 38.1 Å². The Hall–Kier alpha value is -0.560. The number of thioether (sulfide) groups is 1. The summed E-state index contributed by atoms with van der Waals surface area (Å²) in [5.41, 5.74) is 1.75. The van der Waals surface area contributed by atoms with E-state index in [1.54, 1.807) is 0 Å². The Morgan fingerprint density at radius 2 is 1.97 bits per heavy atom. The molecule has 1 aromatic rings. The second-order valence-corrected chi connectivity index (χ2v) is 10.6. The van der Waals surface area contributed by atoms with Gasteiger partial charge in [-0.05, 0) is 36.6 Å². The van der Waals surface area contributed by atoms with Crippen LogP contribution >= 0.6 is 35.7 Å². The molecular formula is C20H33IN4O3S2. The Labute approximate surface area is 201 Å². The lowest BCUT2D eigenvalue weighted by molar-refractivity contribution is 0.0729. The van der Waals surface area contributed by atoms with E-state index >= 15 is 0 Å². The standard InChI is InChI=1S/C20H32N4O3S2.HI/c1-2-21-20(23-15-19-8-5-13-28-19)22-14-17-6-3-4-7-18(17)16-29(25,26)24-9-11-27-12-10-24;/h3-4,6-7,19H,2,5,8-16H2,1H3,(H2,21,22,23);1H. The molecule has 170 valence electrons. The Bertz CT molecular complexity index is 780. The number of rotatable bonds is 8. The molecule has 2 aliphatic rings. The van der Waals surface area contributed by atoms with Crippen LogP contribution in [0, 0.1) is 0 Å². The summed E-state index contributed by atoms with van der Waals surface area (Å²) in [6, 6.07) is 7.67. The summed E-state index contributed by atoms with van der Waals surface area (Å²) < 4.78 is 32.4. The third kappa shape index (κ3) is 7.85. The summed E-state index contributed by atoms with van der Waals surface area (Å²) in [4.78, 5) is 4.70. The Morgan fingerprint density at radius 1 is 1.23 bits per heavy atom. The van der Waals surface area contributed by atoms with Crippen LogP contribution in [-0.4, -0.2) is 69.1 Å². The molecule has 1 atom stereocenters. The van der Waals surface area contributed by atoms with E-state index in [2.05, 4.69) is 10.6 Å². The van der Waals surface area contributed by atoms with Gasteiger partial charge in [-0.3, -0.25) is 0 Å². The normalized spacial score (nSPS) is 20.6. The van der Waals surface area contributed by atoms with Gasteiger partial charge in [0, 0.05) is 31.4 Å². The fourth-order valence-electron chi connectivity index (χ4n) is 3.49. The van der Waals surface area contributed by atoms with E-state index in [4.69, 9.17) is 9.73 Å². The highest BCUT2D eigenvalue weighted by Crippen LogP contribution is 2.25. The first-order chi connectivity index (χ1) is 14.1. The van der Waals surface area contributed by atoms with Crippen molar-refractivity contribution in [2.75, 3.05) is 45.1 Å². The number of nitrogens with zero attached hydrogens (tertiary/aromatic N) is 2. The van der Waals surface area contributed by atoms with Gasteiger partial charge in [0.25, 0.3) is 0 Å². The first-order valence-corrected chi connectivity index (χ1v) is 13.0. The highest BCUT2D eigenvalue weighted by atomic mass is 127. The van der Waals surface area contributed by atoms with Crippen molar-refractivity contribution < 1.29 is 13.2 Å². The Kier molecular flexibility index (Phi) is 11.2. The zero-order valence-corrected chi connectivity index (χ0v) is 21.5. The Balaban J connectivity index is 0.00000320. The molecule has 0 spiro atoms. The molecule has 2 heterocycles. The smallest absolute Gasteiger partial charge is 0.218 e. The quantitative estimate of drug-likeness (QED) is 0.285. The van der Waals surface area contributed by atoms with E-state index in [1.165, 1.54) is 22.9 Å². The largest absolute Gasteiger partial charge is 0.379 e. The van der Waals surface area contributed by atoms with Crippen LogP contribution in [0.25, 0.3) is 0 Å². The molecule has 2 N–H and O–H groups in total. The summed E-state index contributed by atoms with van der Waals surface area (Å²) >= 11 is 2.01. The van der Waals surface area contributed by atoms with Crippen molar-refractivity contribution in [1.29, 1.82) is 0 Å². The minimum absolute atomic E-state index is 0. The molecule has 2 aliphatic heterocycles. The van der Waals surface area contributed by atoms with Gasteiger partial charge in [0.2, 0.25) is 10.0 Å². The molecule has 2 saturated heterocycles. The number of nitrogens with one attached hydrogen (secondary N) is 2. The molecular weight excluding hydrogens is 535 g/mol. The number of sulfonamides is 1. The first kappa shape index (κ1) is 25.7. The molecule has 0 aromatic heterocycles. The number of guanidine groups is 1. The van der Waals surface area contributed by atoms with Crippen LogP contribution in [0.1, 0.15) is 30.9 Å². The minimum Gasteiger partial charge on any atom is -0.379 e. The molecule has 0 radical (unpaired) electrons. The lowest BCUT2D eigenvalue weighted by atomic mass is 10.1. The van der Waals surface area contributed by atoms with E-state index in [1.807, 2.05) is 43.0 Å². The van der Waals surface area contributed by atoms with Gasteiger partial charge < -0.3 is 15.4 Å². The lowest BCUT2D eigenvalue weighted by Crippen LogP contribution is -2.41. The maximum atomic E-state index is 12.8. The highest BCUT2D eigenvalue weighted by Gasteiger charge is 2.25. The summed E-state index contributed by atoms with van der Waals surface area (Å²) in [6.07, 6.45) is 2.54. The maximum absolute atomic E-state index is 12.8. The predicted octanol–water partition coefficient (Wildman–Crippen LogP) is 2.42. The van der Waals surface area contributed by atoms with Crippen molar-refractivity contribution in [3.63, 3.8) is 0 Å². The van der Waals surface area contributed by atoms with Gasteiger partial charge in [0.1, 0.15) is 0 Å². The van der Waals surface area contributed by atoms with Crippen LogP contribution < -0.4 is 10.6 Å². The van der Waals surface area contributed by atoms with E-state index in [-0.39, 0.29) is 29.7 Å². The van der Waals surface area contributed by atoms with Gasteiger partial charge >= 0.3 is 0 Å². The van der Waals surface area contributed by atoms with Gasteiger partial charge in [-0.2, -0.15) is 16.1 Å². The van der Waals surface area contributed by atoms with Crippen molar-refractivity contribution in [3.05, 3.63) is 35.4 Å².